The number of carbonyl (C=O) groups is 1. The molecule has 0 atom stereocenters. The van der Waals surface area contributed by atoms with Crippen LogP contribution in [0, 0.1) is 0 Å². The maximum absolute atomic E-state index is 13.2. The number of ether oxygens (including phenoxy) is 1. The predicted molar refractivity (Wildman–Crippen MR) is 109 cm³/mol. The van der Waals surface area contributed by atoms with E-state index in [4.69, 9.17) is 4.74 Å². The fourth-order valence-corrected chi connectivity index (χ4v) is 4.23. The van der Waals surface area contributed by atoms with Gasteiger partial charge in [-0.1, -0.05) is 42.5 Å². The van der Waals surface area contributed by atoms with Gasteiger partial charge < -0.3 is 9.64 Å². The van der Waals surface area contributed by atoms with Gasteiger partial charge in [-0.2, -0.15) is 0 Å². The number of hydrogen-bond acceptors (Lipinski definition) is 2. The van der Waals surface area contributed by atoms with Crippen LogP contribution < -0.4 is 4.90 Å². The average Bonchev–Trinajstić information content (AvgIpc) is 2.60. The van der Waals surface area contributed by atoms with Crippen molar-refractivity contribution < 1.29 is 9.53 Å². The van der Waals surface area contributed by atoms with E-state index in [1.165, 1.54) is 16.7 Å². The summed E-state index contributed by atoms with van der Waals surface area (Å²) in [6, 6.07) is 17.1. The van der Waals surface area contributed by atoms with Gasteiger partial charge in [-0.3, -0.25) is 4.79 Å². The molecular formula is C24H29NO2. The molecule has 2 aliphatic heterocycles. The highest BCUT2D eigenvalue weighted by Crippen LogP contribution is 2.39. The van der Waals surface area contributed by atoms with Gasteiger partial charge in [-0.15, -0.1) is 0 Å². The number of carbonyl (C=O) groups excluding carboxylic acids is 1. The first kappa shape index (κ1) is 18.2. The molecule has 1 amide bonds. The Morgan fingerprint density at radius 3 is 2.63 bits per heavy atom. The summed E-state index contributed by atoms with van der Waals surface area (Å²) < 4.78 is 5.36. The van der Waals surface area contributed by atoms with Gasteiger partial charge in [0, 0.05) is 23.6 Å². The van der Waals surface area contributed by atoms with Gasteiger partial charge in [0.2, 0.25) is 5.91 Å². The highest BCUT2D eigenvalue weighted by Gasteiger charge is 2.37. The predicted octanol–water partition coefficient (Wildman–Crippen LogP) is 4.88. The van der Waals surface area contributed by atoms with Gasteiger partial charge >= 0.3 is 0 Å². The van der Waals surface area contributed by atoms with Crippen molar-refractivity contribution in [3.8, 4) is 0 Å². The minimum atomic E-state index is -0.133. The molecule has 0 aromatic heterocycles. The van der Waals surface area contributed by atoms with E-state index >= 15 is 0 Å². The molecule has 0 N–H and O–H groups in total. The second-order valence-electron chi connectivity index (χ2n) is 8.50. The number of hydrogen-bond donors (Lipinski definition) is 0. The van der Waals surface area contributed by atoms with Crippen LogP contribution in [0.3, 0.4) is 0 Å². The number of nitrogens with zero attached hydrogens (tertiary/aromatic N) is 1. The van der Waals surface area contributed by atoms with Crippen molar-refractivity contribution in [2.75, 3.05) is 18.1 Å². The van der Waals surface area contributed by atoms with Crippen LogP contribution in [0.25, 0.3) is 0 Å². The molecule has 0 saturated carbocycles. The smallest absolute Gasteiger partial charge is 0.227 e. The highest BCUT2D eigenvalue weighted by atomic mass is 16.5. The maximum atomic E-state index is 13.2. The van der Waals surface area contributed by atoms with Gasteiger partial charge in [0.1, 0.15) is 0 Å². The van der Waals surface area contributed by atoms with Crippen molar-refractivity contribution in [2.45, 2.75) is 57.4 Å². The zero-order valence-electron chi connectivity index (χ0n) is 16.4. The lowest BCUT2D eigenvalue weighted by Gasteiger charge is -2.44. The van der Waals surface area contributed by atoms with Crippen LogP contribution in [-0.2, 0) is 22.4 Å². The van der Waals surface area contributed by atoms with Crippen LogP contribution in [0.1, 0.15) is 55.7 Å². The first-order valence-electron chi connectivity index (χ1n) is 10.1. The number of rotatable bonds is 5. The minimum Gasteiger partial charge on any atom is -0.380 e. The molecule has 2 aromatic carbocycles. The lowest BCUT2D eigenvalue weighted by atomic mass is 9.84. The number of aryl methyl sites for hydroxylation is 2. The number of benzene rings is 2. The molecule has 3 nitrogen and oxygen atoms in total. The normalized spacial score (nSPS) is 18.7. The molecule has 0 aliphatic carbocycles. The molecule has 4 rings (SSSR count). The fraction of sp³-hybridized carbons (Fsp3) is 0.458. The lowest BCUT2D eigenvalue weighted by molar-refractivity contribution is -0.119. The third-order valence-electron chi connectivity index (χ3n) is 6.02. The quantitative estimate of drug-likeness (QED) is 0.758. The summed E-state index contributed by atoms with van der Waals surface area (Å²) >= 11 is 0. The summed E-state index contributed by atoms with van der Waals surface area (Å²) in [6.07, 6.45) is 4.48. The minimum absolute atomic E-state index is 0.133. The van der Waals surface area contributed by atoms with Gasteiger partial charge in [0.05, 0.1) is 13.2 Å². The largest absolute Gasteiger partial charge is 0.380 e. The Balaban J connectivity index is 1.52. The summed E-state index contributed by atoms with van der Waals surface area (Å²) in [7, 11) is 0. The molecule has 2 aromatic rings. The van der Waals surface area contributed by atoms with E-state index in [1.807, 2.05) is 6.07 Å². The number of anilines is 1. The van der Waals surface area contributed by atoms with Crippen molar-refractivity contribution in [3.05, 3.63) is 65.2 Å². The van der Waals surface area contributed by atoms with Crippen molar-refractivity contribution >= 4 is 11.6 Å². The van der Waals surface area contributed by atoms with Gasteiger partial charge in [0.15, 0.2) is 0 Å². The monoisotopic (exact) mass is 363 g/mol. The van der Waals surface area contributed by atoms with Crippen molar-refractivity contribution in [1.29, 1.82) is 0 Å². The lowest BCUT2D eigenvalue weighted by Crippen LogP contribution is -2.51. The molecule has 2 aliphatic rings. The molecule has 142 valence electrons. The van der Waals surface area contributed by atoms with Crippen molar-refractivity contribution in [3.63, 3.8) is 0 Å². The van der Waals surface area contributed by atoms with E-state index in [1.54, 1.807) is 0 Å². The first-order valence-corrected chi connectivity index (χ1v) is 10.1. The van der Waals surface area contributed by atoms with E-state index in [-0.39, 0.29) is 11.4 Å². The third-order valence-corrected chi connectivity index (χ3v) is 6.02. The van der Waals surface area contributed by atoms with Gasteiger partial charge in [0.25, 0.3) is 0 Å². The second-order valence-corrected chi connectivity index (χ2v) is 8.50. The van der Waals surface area contributed by atoms with E-state index < -0.39 is 0 Å². The maximum Gasteiger partial charge on any atom is 0.227 e. The van der Waals surface area contributed by atoms with Crippen LogP contribution in [0.5, 0.6) is 0 Å². The number of amides is 1. The molecule has 0 unspecified atom stereocenters. The van der Waals surface area contributed by atoms with E-state index in [0.717, 1.165) is 44.6 Å². The van der Waals surface area contributed by atoms with Crippen molar-refractivity contribution in [2.24, 2.45) is 0 Å². The summed E-state index contributed by atoms with van der Waals surface area (Å²) in [4.78, 5) is 15.3. The van der Waals surface area contributed by atoms with Crippen LogP contribution in [0.4, 0.5) is 5.69 Å². The molecule has 2 heterocycles. The van der Waals surface area contributed by atoms with E-state index in [9.17, 15) is 4.79 Å². The van der Waals surface area contributed by atoms with Gasteiger partial charge in [-0.05, 0) is 62.3 Å². The Labute approximate surface area is 162 Å². The second kappa shape index (κ2) is 7.47. The van der Waals surface area contributed by atoms with Gasteiger partial charge in [-0.25, -0.2) is 0 Å². The molecule has 0 spiro atoms. The standard InChI is InChI=1S/C24H29NO2/c1-24(2)14-13-19-11-12-20(21-16-27-17-21)15-22(19)25(24)23(26)10-6-9-18-7-4-3-5-8-18/h3-5,7-8,11-12,15,21H,6,9-10,13-14,16-17H2,1-2H3. The molecule has 0 radical (unpaired) electrons. The zero-order chi connectivity index (χ0) is 18.9. The highest BCUT2D eigenvalue weighted by molar-refractivity contribution is 5.96. The molecule has 3 heteroatoms. The summed E-state index contributed by atoms with van der Waals surface area (Å²) in [5.41, 5.74) is 4.90. The van der Waals surface area contributed by atoms with Crippen LogP contribution in [0.15, 0.2) is 48.5 Å². The van der Waals surface area contributed by atoms with E-state index in [0.29, 0.717) is 12.3 Å². The van der Waals surface area contributed by atoms with Crippen LogP contribution in [0.2, 0.25) is 0 Å². The summed E-state index contributed by atoms with van der Waals surface area (Å²) in [5.74, 6) is 0.731. The Hall–Kier alpha value is -2.13. The molecule has 27 heavy (non-hydrogen) atoms. The fourth-order valence-electron chi connectivity index (χ4n) is 4.23. The van der Waals surface area contributed by atoms with Crippen LogP contribution >= 0.6 is 0 Å². The molecule has 0 bridgehead atoms. The topological polar surface area (TPSA) is 29.5 Å². The molecule has 1 fully saturated rings. The summed E-state index contributed by atoms with van der Waals surface area (Å²) in [5, 5.41) is 0. The molecular weight excluding hydrogens is 334 g/mol. The average molecular weight is 364 g/mol. The Morgan fingerprint density at radius 2 is 1.93 bits per heavy atom. The first-order chi connectivity index (χ1) is 13.0. The van der Waals surface area contributed by atoms with E-state index in [2.05, 4.69) is 61.2 Å². The third kappa shape index (κ3) is 3.79. The Morgan fingerprint density at radius 1 is 1.15 bits per heavy atom. The molecule has 1 saturated heterocycles. The van der Waals surface area contributed by atoms with Crippen LogP contribution in [-0.4, -0.2) is 24.7 Å². The number of fused-ring (bicyclic) bond motifs is 1. The summed E-state index contributed by atoms with van der Waals surface area (Å²) in [6.45, 7) is 5.99. The Kier molecular flexibility index (Phi) is 5.05. The van der Waals surface area contributed by atoms with Crippen molar-refractivity contribution in [1.82, 2.24) is 0 Å². The Bertz CT molecular complexity index is 808. The zero-order valence-corrected chi connectivity index (χ0v) is 16.4. The SMILES string of the molecule is CC1(C)CCc2ccc(C3COC3)cc2N1C(=O)CCCc1ccccc1.